The Hall–Kier alpha value is -2.41. The third kappa shape index (κ3) is 3.19. The van der Waals surface area contributed by atoms with Gasteiger partial charge in [-0.1, -0.05) is 23.9 Å². The first-order valence-corrected chi connectivity index (χ1v) is 9.46. The zero-order valence-electron chi connectivity index (χ0n) is 14.5. The SMILES string of the molecule is Cc1cc(C(=O)CSc2nnc(C3CC3)o2)c(C)n1-c1ccccc1F. The van der Waals surface area contributed by atoms with Gasteiger partial charge in [0.15, 0.2) is 5.78 Å². The van der Waals surface area contributed by atoms with Gasteiger partial charge in [0.25, 0.3) is 5.22 Å². The lowest BCUT2D eigenvalue weighted by Gasteiger charge is -2.10. The second-order valence-electron chi connectivity index (χ2n) is 6.46. The van der Waals surface area contributed by atoms with E-state index in [1.54, 1.807) is 28.8 Å². The standard InChI is InChI=1S/C19H18FN3O2S/c1-11-9-14(12(2)23(11)16-6-4-3-5-15(16)20)17(24)10-26-19-22-21-18(25-19)13-7-8-13/h3-6,9,13H,7-8,10H2,1-2H3. The largest absolute Gasteiger partial charge is 0.416 e. The number of carbonyl (C=O) groups excluding carboxylic acids is 1. The number of aromatic nitrogens is 3. The Kier molecular flexibility index (Phi) is 4.40. The van der Waals surface area contributed by atoms with Crippen LogP contribution in [0, 0.1) is 19.7 Å². The summed E-state index contributed by atoms with van der Waals surface area (Å²) in [5.74, 6) is 0.899. The molecule has 1 aliphatic rings. The van der Waals surface area contributed by atoms with Crippen molar-refractivity contribution in [2.24, 2.45) is 0 Å². The van der Waals surface area contributed by atoms with E-state index in [0.29, 0.717) is 28.3 Å². The number of rotatable bonds is 6. The molecule has 0 unspecified atom stereocenters. The number of nitrogens with zero attached hydrogens (tertiary/aromatic N) is 3. The van der Waals surface area contributed by atoms with Gasteiger partial charge < -0.3 is 8.98 Å². The van der Waals surface area contributed by atoms with Crippen LogP contribution in [0.1, 0.15) is 46.4 Å². The van der Waals surface area contributed by atoms with Crippen molar-refractivity contribution in [3.63, 3.8) is 0 Å². The molecule has 1 aliphatic carbocycles. The Labute approximate surface area is 154 Å². The molecule has 5 nitrogen and oxygen atoms in total. The number of ketones is 1. The highest BCUT2D eigenvalue weighted by atomic mass is 32.2. The molecule has 1 aromatic carbocycles. The molecule has 0 radical (unpaired) electrons. The number of hydrogen-bond donors (Lipinski definition) is 0. The highest BCUT2D eigenvalue weighted by Crippen LogP contribution is 2.39. The van der Waals surface area contributed by atoms with E-state index in [4.69, 9.17) is 4.42 Å². The Balaban J connectivity index is 1.52. The minimum absolute atomic E-state index is 0.0446. The van der Waals surface area contributed by atoms with Crippen LogP contribution in [0.25, 0.3) is 5.69 Å². The van der Waals surface area contributed by atoms with Gasteiger partial charge in [0.05, 0.1) is 11.4 Å². The molecule has 1 fully saturated rings. The predicted molar refractivity (Wildman–Crippen MR) is 96.5 cm³/mol. The summed E-state index contributed by atoms with van der Waals surface area (Å²) in [6.07, 6.45) is 2.18. The van der Waals surface area contributed by atoms with E-state index in [1.165, 1.54) is 17.8 Å². The molecule has 0 N–H and O–H groups in total. The maximum Gasteiger partial charge on any atom is 0.277 e. The number of para-hydroxylation sites is 1. The maximum atomic E-state index is 14.2. The van der Waals surface area contributed by atoms with E-state index in [-0.39, 0.29) is 17.4 Å². The normalized spacial score (nSPS) is 14.0. The van der Waals surface area contributed by atoms with Crippen LogP contribution in [0.5, 0.6) is 0 Å². The monoisotopic (exact) mass is 371 g/mol. The lowest BCUT2D eigenvalue weighted by Crippen LogP contribution is -2.06. The van der Waals surface area contributed by atoms with Gasteiger partial charge in [-0.25, -0.2) is 4.39 Å². The highest BCUT2D eigenvalue weighted by Gasteiger charge is 2.29. The van der Waals surface area contributed by atoms with Crippen molar-refractivity contribution < 1.29 is 13.6 Å². The van der Waals surface area contributed by atoms with Gasteiger partial charge in [-0.3, -0.25) is 4.79 Å². The van der Waals surface area contributed by atoms with Crippen molar-refractivity contribution in [3.8, 4) is 5.69 Å². The minimum atomic E-state index is -0.318. The lowest BCUT2D eigenvalue weighted by atomic mass is 10.2. The average Bonchev–Trinajstić information content (AvgIpc) is 3.30. The van der Waals surface area contributed by atoms with Gasteiger partial charge >= 0.3 is 0 Å². The number of Topliss-reactive ketones (excluding diaryl/α,β-unsaturated/α-hetero) is 1. The Morgan fingerprint density at radius 3 is 2.81 bits per heavy atom. The average molecular weight is 371 g/mol. The number of hydrogen-bond acceptors (Lipinski definition) is 5. The summed E-state index contributed by atoms with van der Waals surface area (Å²) < 4.78 is 21.5. The van der Waals surface area contributed by atoms with Crippen molar-refractivity contribution in [2.75, 3.05) is 5.75 Å². The van der Waals surface area contributed by atoms with Gasteiger partial charge in [0, 0.05) is 22.9 Å². The van der Waals surface area contributed by atoms with E-state index in [9.17, 15) is 9.18 Å². The molecule has 7 heteroatoms. The predicted octanol–water partition coefficient (Wildman–Crippen LogP) is 4.47. The summed E-state index contributed by atoms with van der Waals surface area (Å²) in [4.78, 5) is 12.7. The molecule has 0 atom stereocenters. The Bertz CT molecular complexity index is 975. The summed E-state index contributed by atoms with van der Waals surface area (Å²) in [5, 5.41) is 8.43. The second kappa shape index (κ2) is 6.72. The van der Waals surface area contributed by atoms with Gasteiger partial charge in [-0.2, -0.15) is 0 Å². The molecular weight excluding hydrogens is 353 g/mol. The summed E-state index contributed by atoms with van der Waals surface area (Å²) in [6, 6.07) is 8.35. The molecule has 26 heavy (non-hydrogen) atoms. The van der Waals surface area contributed by atoms with Gasteiger partial charge in [-0.15, -0.1) is 10.2 Å². The van der Waals surface area contributed by atoms with Gasteiger partial charge in [0.2, 0.25) is 5.89 Å². The summed E-state index contributed by atoms with van der Waals surface area (Å²) in [7, 11) is 0. The molecule has 0 saturated heterocycles. The third-order valence-electron chi connectivity index (χ3n) is 4.50. The molecule has 134 valence electrons. The van der Waals surface area contributed by atoms with Crippen molar-refractivity contribution in [1.82, 2.24) is 14.8 Å². The van der Waals surface area contributed by atoms with Crippen molar-refractivity contribution in [2.45, 2.75) is 37.8 Å². The number of benzene rings is 1. The lowest BCUT2D eigenvalue weighted by molar-refractivity contribution is 0.102. The maximum absolute atomic E-state index is 14.2. The molecule has 2 heterocycles. The third-order valence-corrected chi connectivity index (χ3v) is 5.32. The van der Waals surface area contributed by atoms with E-state index >= 15 is 0 Å². The molecule has 2 aromatic heterocycles. The fourth-order valence-corrected chi connectivity index (χ4v) is 3.68. The van der Waals surface area contributed by atoms with Crippen LogP contribution in [-0.2, 0) is 0 Å². The van der Waals surface area contributed by atoms with E-state index in [1.807, 2.05) is 13.8 Å². The fourth-order valence-electron chi connectivity index (χ4n) is 3.03. The number of thioether (sulfide) groups is 1. The first-order chi connectivity index (χ1) is 12.5. The summed E-state index contributed by atoms with van der Waals surface area (Å²) in [6.45, 7) is 3.69. The molecule has 0 bridgehead atoms. The summed E-state index contributed by atoms with van der Waals surface area (Å²) >= 11 is 1.24. The Morgan fingerprint density at radius 2 is 2.08 bits per heavy atom. The molecule has 0 aliphatic heterocycles. The van der Waals surface area contributed by atoms with Crippen molar-refractivity contribution in [3.05, 3.63) is 59.0 Å². The quantitative estimate of drug-likeness (QED) is 0.473. The highest BCUT2D eigenvalue weighted by molar-refractivity contribution is 7.99. The van der Waals surface area contributed by atoms with Crippen LogP contribution in [0.15, 0.2) is 40.0 Å². The number of halogens is 1. The van der Waals surface area contributed by atoms with Crippen molar-refractivity contribution in [1.29, 1.82) is 0 Å². The van der Waals surface area contributed by atoms with Crippen LogP contribution in [0.4, 0.5) is 4.39 Å². The first kappa shape index (κ1) is 17.0. The molecule has 3 aromatic rings. The van der Waals surface area contributed by atoms with E-state index < -0.39 is 0 Å². The number of carbonyl (C=O) groups is 1. The van der Waals surface area contributed by atoms with E-state index in [0.717, 1.165) is 24.2 Å². The van der Waals surface area contributed by atoms with Crippen LogP contribution in [0.3, 0.4) is 0 Å². The smallest absolute Gasteiger partial charge is 0.277 e. The zero-order chi connectivity index (χ0) is 18.3. The number of aryl methyl sites for hydroxylation is 1. The van der Waals surface area contributed by atoms with Crippen molar-refractivity contribution >= 4 is 17.5 Å². The van der Waals surface area contributed by atoms with Crippen LogP contribution in [-0.4, -0.2) is 26.3 Å². The van der Waals surface area contributed by atoms with Gasteiger partial charge in [0.1, 0.15) is 5.82 Å². The first-order valence-electron chi connectivity index (χ1n) is 8.48. The van der Waals surface area contributed by atoms with Crippen LogP contribution in [0.2, 0.25) is 0 Å². The second-order valence-corrected chi connectivity index (χ2v) is 7.39. The molecule has 4 rings (SSSR count). The van der Waals surface area contributed by atoms with Gasteiger partial charge in [-0.05, 0) is 44.9 Å². The molecule has 1 saturated carbocycles. The fraction of sp³-hybridized carbons (Fsp3) is 0.316. The molecule has 0 spiro atoms. The topological polar surface area (TPSA) is 60.9 Å². The van der Waals surface area contributed by atoms with Crippen LogP contribution >= 0.6 is 11.8 Å². The Morgan fingerprint density at radius 1 is 1.31 bits per heavy atom. The molecule has 0 amide bonds. The zero-order valence-corrected chi connectivity index (χ0v) is 15.3. The summed E-state index contributed by atoms with van der Waals surface area (Å²) in [5.41, 5.74) is 2.57. The minimum Gasteiger partial charge on any atom is -0.416 e. The van der Waals surface area contributed by atoms with E-state index in [2.05, 4.69) is 10.2 Å². The molecular formula is C19H18FN3O2S. The van der Waals surface area contributed by atoms with Crippen LogP contribution < -0.4 is 0 Å².